The van der Waals surface area contributed by atoms with Gasteiger partial charge in [-0.05, 0) is 67.8 Å². The van der Waals surface area contributed by atoms with Crippen LogP contribution in [0.3, 0.4) is 0 Å². The number of carbonyl (C=O) groups is 2. The van der Waals surface area contributed by atoms with Crippen LogP contribution in [-0.4, -0.2) is 42.3 Å². The Balaban J connectivity index is 1.65. The quantitative estimate of drug-likeness (QED) is 0.378. The summed E-state index contributed by atoms with van der Waals surface area (Å²) in [6.45, 7) is 2.74. The number of hydrogen-bond acceptors (Lipinski definition) is 4. The number of rotatable bonds is 11. The lowest BCUT2D eigenvalue weighted by molar-refractivity contribution is -0.120. The number of amides is 2. The van der Waals surface area contributed by atoms with Gasteiger partial charge in [0.05, 0.1) is 0 Å². The predicted octanol–water partition coefficient (Wildman–Crippen LogP) is 5.63. The second kappa shape index (κ2) is 12.5. The lowest BCUT2D eigenvalue weighted by Crippen LogP contribution is -2.27. The molecule has 1 aromatic heterocycles. The number of nitrogens with zero attached hydrogens (tertiary/aromatic N) is 3. The van der Waals surface area contributed by atoms with Crippen LogP contribution < -0.4 is 10.2 Å². The monoisotopic (exact) mass is 458 g/mol. The Bertz CT molecular complexity index is 1070. The molecule has 1 heterocycles. The van der Waals surface area contributed by atoms with Gasteiger partial charge in [0.15, 0.2) is 0 Å². The third kappa shape index (κ3) is 6.67. The van der Waals surface area contributed by atoms with Crippen molar-refractivity contribution in [2.24, 2.45) is 0 Å². The summed E-state index contributed by atoms with van der Waals surface area (Å²) in [5, 5.41) is 2.64. The zero-order valence-corrected chi connectivity index (χ0v) is 20.3. The summed E-state index contributed by atoms with van der Waals surface area (Å²) in [5.41, 5.74) is 3.69. The average Bonchev–Trinajstić information content (AvgIpc) is 2.87. The molecule has 2 amide bonds. The molecule has 0 radical (unpaired) electrons. The fourth-order valence-corrected chi connectivity index (χ4v) is 3.87. The molecular weight excluding hydrogens is 424 g/mol. The van der Waals surface area contributed by atoms with Crippen LogP contribution in [0, 0.1) is 6.92 Å². The van der Waals surface area contributed by atoms with Gasteiger partial charge in [0.1, 0.15) is 5.82 Å². The van der Waals surface area contributed by atoms with E-state index >= 15 is 0 Å². The predicted molar refractivity (Wildman–Crippen MR) is 138 cm³/mol. The highest BCUT2D eigenvalue weighted by Gasteiger charge is 2.17. The number of pyridine rings is 1. The molecule has 0 saturated carbocycles. The van der Waals surface area contributed by atoms with Crippen molar-refractivity contribution >= 4 is 29.0 Å². The fourth-order valence-electron chi connectivity index (χ4n) is 3.87. The van der Waals surface area contributed by atoms with Crippen LogP contribution in [-0.2, 0) is 4.79 Å². The highest BCUT2D eigenvalue weighted by molar-refractivity contribution is 5.94. The van der Waals surface area contributed by atoms with Gasteiger partial charge in [-0.1, -0.05) is 37.1 Å². The first-order valence-electron chi connectivity index (χ1n) is 11.8. The minimum Gasteiger partial charge on any atom is -0.359 e. The van der Waals surface area contributed by atoms with Crippen molar-refractivity contribution in [3.63, 3.8) is 0 Å². The lowest BCUT2D eigenvalue weighted by atomic mass is 10.1. The van der Waals surface area contributed by atoms with E-state index < -0.39 is 0 Å². The summed E-state index contributed by atoms with van der Waals surface area (Å²) in [6, 6.07) is 21.8. The number of unbranched alkanes of at least 4 members (excludes halogenated alkanes) is 3. The Morgan fingerprint density at radius 1 is 0.853 bits per heavy atom. The molecule has 1 N–H and O–H groups in total. The van der Waals surface area contributed by atoms with Gasteiger partial charge in [-0.15, -0.1) is 0 Å². The summed E-state index contributed by atoms with van der Waals surface area (Å²) in [5.74, 6) is 0.957. The number of anilines is 3. The molecule has 0 atom stereocenters. The van der Waals surface area contributed by atoms with Crippen molar-refractivity contribution in [1.82, 2.24) is 15.2 Å². The second-order valence-electron chi connectivity index (χ2n) is 8.43. The Morgan fingerprint density at radius 3 is 2.21 bits per heavy atom. The summed E-state index contributed by atoms with van der Waals surface area (Å²) in [6.07, 6.45) is 6.16. The molecule has 0 aliphatic carbocycles. The molecule has 0 aliphatic rings. The Morgan fingerprint density at radius 2 is 1.53 bits per heavy atom. The topological polar surface area (TPSA) is 65.5 Å². The minimum absolute atomic E-state index is 0.0113. The first-order valence-corrected chi connectivity index (χ1v) is 11.8. The number of aryl methyl sites for hydroxylation is 1. The van der Waals surface area contributed by atoms with Gasteiger partial charge in [0.25, 0.3) is 5.91 Å². The van der Waals surface area contributed by atoms with Crippen molar-refractivity contribution in [2.45, 2.75) is 39.0 Å². The van der Waals surface area contributed by atoms with Crippen molar-refractivity contribution in [3.05, 3.63) is 84.1 Å². The van der Waals surface area contributed by atoms with Gasteiger partial charge in [0, 0.05) is 50.2 Å². The van der Waals surface area contributed by atoms with E-state index in [-0.39, 0.29) is 11.8 Å². The van der Waals surface area contributed by atoms with E-state index in [0.717, 1.165) is 48.4 Å². The third-order valence-electron chi connectivity index (χ3n) is 5.85. The standard InChI is InChI=1S/C28H34N4O2/c1-22-12-11-20-30-27(22)32(24-13-7-6-8-14-24)25-18-16-23(17-19-25)28(34)31(3)21-10-5-4-9-15-26(33)29-2/h6-8,11-14,16-20H,4-5,9-10,15,21H2,1-3H3,(H,29,33). The molecule has 3 rings (SSSR count). The molecule has 0 fully saturated rings. The van der Waals surface area contributed by atoms with E-state index in [1.807, 2.05) is 68.6 Å². The number of aromatic nitrogens is 1. The van der Waals surface area contributed by atoms with Crippen molar-refractivity contribution in [1.29, 1.82) is 0 Å². The second-order valence-corrected chi connectivity index (χ2v) is 8.43. The summed E-state index contributed by atoms with van der Waals surface area (Å²) in [7, 11) is 3.50. The number of carbonyl (C=O) groups excluding carboxylic acids is 2. The molecule has 2 aromatic carbocycles. The Kier molecular flexibility index (Phi) is 9.21. The molecule has 0 spiro atoms. The van der Waals surface area contributed by atoms with Crippen LogP contribution in [0.15, 0.2) is 72.9 Å². The molecule has 6 nitrogen and oxygen atoms in total. The average molecular weight is 459 g/mol. The van der Waals surface area contributed by atoms with E-state index in [9.17, 15) is 9.59 Å². The smallest absolute Gasteiger partial charge is 0.253 e. The maximum atomic E-state index is 12.9. The first-order chi connectivity index (χ1) is 16.5. The van der Waals surface area contributed by atoms with E-state index in [1.165, 1.54) is 0 Å². The number of nitrogens with one attached hydrogen (secondary N) is 1. The van der Waals surface area contributed by atoms with Crippen LogP contribution >= 0.6 is 0 Å². The van der Waals surface area contributed by atoms with Gasteiger partial charge < -0.3 is 10.2 Å². The molecule has 0 bridgehead atoms. The summed E-state index contributed by atoms with van der Waals surface area (Å²) >= 11 is 0. The Hall–Kier alpha value is -3.67. The summed E-state index contributed by atoms with van der Waals surface area (Å²) in [4.78, 5) is 32.7. The summed E-state index contributed by atoms with van der Waals surface area (Å²) < 4.78 is 0. The van der Waals surface area contributed by atoms with Crippen LogP contribution in [0.5, 0.6) is 0 Å². The van der Waals surface area contributed by atoms with Crippen LogP contribution in [0.2, 0.25) is 0 Å². The van der Waals surface area contributed by atoms with Gasteiger partial charge in [-0.3, -0.25) is 14.5 Å². The molecular formula is C28H34N4O2. The molecule has 34 heavy (non-hydrogen) atoms. The van der Waals surface area contributed by atoms with Crippen LogP contribution in [0.4, 0.5) is 17.2 Å². The Labute approximate surface area is 202 Å². The third-order valence-corrected chi connectivity index (χ3v) is 5.85. The zero-order chi connectivity index (χ0) is 24.3. The van der Waals surface area contributed by atoms with Gasteiger partial charge >= 0.3 is 0 Å². The number of hydrogen-bond donors (Lipinski definition) is 1. The highest BCUT2D eigenvalue weighted by Crippen LogP contribution is 2.34. The van der Waals surface area contributed by atoms with E-state index in [4.69, 9.17) is 0 Å². The zero-order valence-electron chi connectivity index (χ0n) is 20.3. The van der Waals surface area contributed by atoms with E-state index in [0.29, 0.717) is 18.5 Å². The maximum Gasteiger partial charge on any atom is 0.253 e. The SMILES string of the molecule is CNC(=O)CCCCCCN(C)C(=O)c1ccc(N(c2ccccc2)c2ncccc2C)cc1. The molecule has 0 unspecified atom stereocenters. The van der Waals surface area contributed by atoms with Gasteiger partial charge in [-0.2, -0.15) is 0 Å². The van der Waals surface area contributed by atoms with Crippen molar-refractivity contribution < 1.29 is 9.59 Å². The minimum atomic E-state index is 0.0113. The molecule has 3 aromatic rings. The maximum absolute atomic E-state index is 12.9. The van der Waals surface area contributed by atoms with Crippen molar-refractivity contribution in [2.75, 3.05) is 25.5 Å². The molecule has 0 saturated heterocycles. The van der Waals surface area contributed by atoms with Crippen LogP contribution in [0.1, 0.15) is 48.0 Å². The lowest BCUT2D eigenvalue weighted by Gasteiger charge is -2.26. The largest absolute Gasteiger partial charge is 0.359 e. The number of benzene rings is 2. The van der Waals surface area contributed by atoms with Crippen molar-refractivity contribution in [3.8, 4) is 0 Å². The van der Waals surface area contributed by atoms with E-state index in [1.54, 1.807) is 18.1 Å². The molecule has 0 aliphatic heterocycles. The molecule has 6 heteroatoms. The number of para-hydroxylation sites is 1. The molecule has 178 valence electrons. The first kappa shape index (κ1) is 25.0. The van der Waals surface area contributed by atoms with Gasteiger partial charge in [0.2, 0.25) is 5.91 Å². The van der Waals surface area contributed by atoms with Gasteiger partial charge in [-0.25, -0.2) is 4.98 Å². The fraction of sp³-hybridized carbons (Fsp3) is 0.321. The van der Waals surface area contributed by atoms with E-state index in [2.05, 4.69) is 27.3 Å². The highest BCUT2D eigenvalue weighted by atomic mass is 16.2. The van der Waals surface area contributed by atoms with Crippen LogP contribution in [0.25, 0.3) is 0 Å². The normalized spacial score (nSPS) is 10.6.